The van der Waals surface area contributed by atoms with Gasteiger partial charge in [0.25, 0.3) is 0 Å². The highest BCUT2D eigenvalue weighted by Crippen LogP contribution is 2.29. The number of thiocarbonyl (C=S) groups is 1. The van der Waals surface area contributed by atoms with Crippen LogP contribution in [0.25, 0.3) is 10.2 Å². The topological polar surface area (TPSA) is 24.9 Å². The maximum absolute atomic E-state index is 4.89. The quantitative estimate of drug-likeness (QED) is 0.635. The van der Waals surface area contributed by atoms with Crippen LogP contribution in [0.1, 0.15) is 24.8 Å². The highest BCUT2D eigenvalue weighted by molar-refractivity contribution is 8.11. The average Bonchev–Trinajstić information content (AvgIpc) is 2.59. The van der Waals surface area contributed by atoms with Crippen LogP contribution >= 0.6 is 36.2 Å². The zero-order chi connectivity index (χ0) is 11.7. The molecule has 1 heterocycles. The molecule has 2 aromatic rings. The molecule has 84 valence electrons. The summed E-state index contributed by atoms with van der Waals surface area (Å²) in [4.78, 5) is 4.57. The van der Waals surface area contributed by atoms with E-state index in [1.165, 1.54) is 9.71 Å². The Bertz CT molecular complexity index is 531. The smallest absolute Gasteiger partial charge is 0.135 e. The van der Waals surface area contributed by atoms with Gasteiger partial charge >= 0.3 is 0 Å². The summed E-state index contributed by atoms with van der Waals surface area (Å²) < 4.78 is 1.66. The number of fused-ring (bicyclic) bond motifs is 1. The molecule has 16 heavy (non-hydrogen) atoms. The van der Waals surface area contributed by atoms with Crippen molar-refractivity contribution in [2.45, 2.75) is 19.8 Å². The van der Waals surface area contributed by atoms with E-state index in [-0.39, 0.29) is 0 Å². The molecule has 0 atom stereocenters. The van der Waals surface area contributed by atoms with Crippen LogP contribution in [0, 0.1) is 0 Å². The molecule has 0 radical (unpaired) electrons. The first kappa shape index (κ1) is 11.8. The Hall–Kier alpha value is -0.650. The molecule has 0 aliphatic rings. The van der Waals surface area contributed by atoms with Crippen LogP contribution in [0.5, 0.6) is 0 Å². The molecule has 0 aliphatic heterocycles. The number of hydrogen-bond donors (Lipinski definition) is 2. The summed E-state index contributed by atoms with van der Waals surface area (Å²) in [5.41, 5.74) is 2.01. The standard InChI is InChI=1S/C11H12N2S3/c1-6(2)10-13-8-4-3-7(12-11(14)15)5-9(8)16-10/h3-6H,1-2H3,(H2,12,14,15). The van der Waals surface area contributed by atoms with Gasteiger partial charge < -0.3 is 5.32 Å². The summed E-state index contributed by atoms with van der Waals surface area (Å²) in [6, 6.07) is 6.03. The van der Waals surface area contributed by atoms with Crippen molar-refractivity contribution in [2.24, 2.45) is 0 Å². The van der Waals surface area contributed by atoms with E-state index in [9.17, 15) is 0 Å². The van der Waals surface area contributed by atoms with Crippen molar-refractivity contribution in [3.05, 3.63) is 23.2 Å². The van der Waals surface area contributed by atoms with Crippen molar-refractivity contribution >= 4 is 56.4 Å². The second-order valence-electron chi connectivity index (χ2n) is 3.82. The van der Waals surface area contributed by atoms with Gasteiger partial charge in [-0.1, -0.05) is 26.1 Å². The Morgan fingerprint density at radius 2 is 2.25 bits per heavy atom. The third-order valence-electron chi connectivity index (χ3n) is 2.15. The van der Waals surface area contributed by atoms with Gasteiger partial charge in [0.05, 0.1) is 15.2 Å². The molecule has 1 aromatic heterocycles. The van der Waals surface area contributed by atoms with Crippen LogP contribution in [-0.4, -0.2) is 9.30 Å². The van der Waals surface area contributed by atoms with Crippen LogP contribution in [0.4, 0.5) is 5.69 Å². The molecule has 0 amide bonds. The van der Waals surface area contributed by atoms with Gasteiger partial charge in [-0.25, -0.2) is 4.98 Å². The maximum atomic E-state index is 4.89. The number of anilines is 1. The second kappa shape index (κ2) is 4.69. The summed E-state index contributed by atoms with van der Waals surface area (Å²) in [5, 5.41) is 4.18. The lowest BCUT2D eigenvalue weighted by atomic mass is 10.2. The minimum absolute atomic E-state index is 0.472. The van der Waals surface area contributed by atoms with E-state index in [2.05, 4.69) is 42.8 Å². The van der Waals surface area contributed by atoms with Crippen molar-refractivity contribution < 1.29 is 0 Å². The molecule has 2 nitrogen and oxygen atoms in total. The van der Waals surface area contributed by atoms with Crippen LogP contribution < -0.4 is 5.32 Å². The molecule has 0 saturated heterocycles. The van der Waals surface area contributed by atoms with E-state index >= 15 is 0 Å². The Morgan fingerprint density at radius 1 is 1.50 bits per heavy atom. The zero-order valence-electron chi connectivity index (χ0n) is 9.02. The summed E-state index contributed by atoms with van der Waals surface area (Å²) in [7, 11) is 0. The van der Waals surface area contributed by atoms with Crippen molar-refractivity contribution in [3.63, 3.8) is 0 Å². The molecule has 1 N–H and O–H groups in total. The SMILES string of the molecule is CC(C)c1nc2ccc(NC(=S)S)cc2s1. The van der Waals surface area contributed by atoms with Gasteiger partial charge in [0.15, 0.2) is 0 Å². The van der Waals surface area contributed by atoms with E-state index < -0.39 is 0 Å². The Labute approximate surface area is 109 Å². The number of nitrogens with one attached hydrogen (secondary N) is 1. The molecule has 1 aromatic carbocycles. The molecule has 0 spiro atoms. The first-order chi connectivity index (χ1) is 7.56. The summed E-state index contributed by atoms with van der Waals surface area (Å²) in [6.07, 6.45) is 0. The third kappa shape index (κ3) is 2.53. The molecule has 0 aliphatic carbocycles. The van der Waals surface area contributed by atoms with Gasteiger partial charge in [-0.05, 0) is 18.2 Å². The molecule has 0 bridgehead atoms. The van der Waals surface area contributed by atoms with Crippen molar-refractivity contribution in [1.82, 2.24) is 4.98 Å². The first-order valence-corrected chi connectivity index (χ1v) is 6.64. The Balaban J connectivity index is 2.41. The molecule has 0 unspecified atom stereocenters. The molecule has 0 fully saturated rings. The van der Waals surface area contributed by atoms with E-state index in [1.54, 1.807) is 11.3 Å². The number of hydrogen-bond acceptors (Lipinski definition) is 3. The van der Waals surface area contributed by atoms with Crippen LogP contribution in [-0.2, 0) is 0 Å². The molecule has 5 heteroatoms. The maximum Gasteiger partial charge on any atom is 0.135 e. The normalized spacial score (nSPS) is 11.0. The summed E-state index contributed by atoms with van der Waals surface area (Å²) in [6.45, 7) is 4.31. The van der Waals surface area contributed by atoms with Crippen LogP contribution in [0.2, 0.25) is 0 Å². The third-order valence-corrected chi connectivity index (χ3v) is 3.68. The lowest BCUT2D eigenvalue weighted by molar-refractivity contribution is 0.857. The zero-order valence-corrected chi connectivity index (χ0v) is 11.5. The summed E-state index contributed by atoms with van der Waals surface area (Å²) >= 11 is 10.7. The predicted octanol–water partition coefficient (Wildman–Crippen LogP) is 4.05. The molecule has 2 rings (SSSR count). The molecule has 0 saturated carbocycles. The predicted molar refractivity (Wildman–Crippen MR) is 78.9 cm³/mol. The monoisotopic (exact) mass is 268 g/mol. The van der Waals surface area contributed by atoms with Gasteiger partial charge in [-0.2, -0.15) is 0 Å². The van der Waals surface area contributed by atoms with Gasteiger partial charge in [0.1, 0.15) is 4.32 Å². The van der Waals surface area contributed by atoms with E-state index in [0.29, 0.717) is 10.2 Å². The number of aromatic nitrogens is 1. The number of thiazole rings is 1. The largest absolute Gasteiger partial charge is 0.341 e. The van der Waals surface area contributed by atoms with E-state index in [0.717, 1.165) is 11.2 Å². The number of nitrogens with zero attached hydrogens (tertiary/aromatic N) is 1. The fraction of sp³-hybridized carbons (Fsp3) is 0.273. The Morgan fingerprint density at radius 3 is 2.88 bits per heavy atom. The van der Waals surface area contributed by atoms with Crippen molar-refractivity contribution in [2.75, 3.05) is 5.32 Å². The minimum Gasteiger partial charge on any atom is -0.341 e. The summed E-state index contributed by atoms with van der Waals surface area (Å²) in [5.74, 6) is 0.472. The lowest BCUT2D eigenvalue weighted by Crippen LogP contribution is -1.99. The first-order valence-electron chi connectivity index (χ1n) is 4.96. The van der Waals surface area contributed by atoms with Crippen molar-refractivity contribution in [3.8, 4) is 0 Å². The number of thiol groups is 1. The van der Waals surface area contributed by atoms with Gasteiger partial charge in [-0.15, -0.1) is 24.0 Å². The minimum atomic E-state index is 0.472. The van der Waals surface area contributed by atoms with E-state index in [4.69, 9.17) is 12.2 Å². The van der Waals surface area contributed by atoms with E-state index in [1.807, 2.05) is 12.1 Å². The molecular formula is C11H12N2S3. The highest BCUT2D eigenvalue weighted by atomic mass is 32.1. The second-order valence-corrected chi connectivity index (χ2v) is 6.04. The van der Waals surface area contributed by atoms with Gasteiger partial charge in [-0.3, -0.25) is 0 Å². The molecular weight excluding hydrogens is 256 g/mol. The van der Waals surface area contributed by atoms with Crippen LogP contribution in [0.15, 0.2) is 18.2 Å². The fourth-order valence-electron chi connectivity index (χ4n) is 1.39. The highest BCUT2D eigenvalue weighted by Gasteiger charge is 2.07. The fourth-order valence-corrected chi connectivity index (χ4v) is 2.65. The Kier molecular flexibility index (Phi) is 3.47. The van der Waals surface area contributed by atoms with Gasteiger partial charge in [0.2, 0.25) is 0 Å². The van der Waals surface area contributed by atoms with Gasteiger partial charge in [0, 0.05) is 11.6 Å². The number of rotatable bonds is 2. The van der Waals surface area contributed by atoms with Crippen LogP contribution in [0.3, 0.4) is 0 Å². The average molecular weight is 268 g/mol. The number of benzene rings is 1. The van der Waals surface area contributed by atoms with Crippen molar-refractivity contribution in [1.29, 1.82) is 0 Å². The lowest BCUT2D eigenvalue weighted by Gasteiger charge is -2.01.